The van der Waals surface area contributed by atoms with E-state index >= 15 is 0 Å². The van der Waals surface area contributed by atoms with Gasteiger partial charge in [-0.3, -0.25) is 9.88 Å². The molecule has 0 saturated heterocycles. The van der Waals surface area contributed by atoms with Crippen LogP contribution in [-0.4, -0.2) is 26.4 Å². The summed E-state index contributed by atoms with van der Waals surface area (Å²) in [6.45, 7) is 1.66. The first-order valence-electron chi connectivity index (χ1n) is 9.03. The van der Waals surface area contributed by atoms with Crippen LogP contribution in [0.25, 0.3) is 11.3 Å². The number of aromatic nitrogens is 3. The standard InChI is InChI=1S/C21H16F3N5/c22-21(23,24)20-26-11-16-12-29(9-8-19(16)28-20)13-17-2-1-3-18(27-17)15-6-4-14(10-25)5-7-15/h1-7,11H,8-9,12-13H2. The van der Waals surface area contributed by atoms with Gasteiger partial charge in [0, 0.05) is 43.4 Å². The van der Waals surface area contributed by atoms with E-state index in [0.717, 1.165) is 17.0 Å². The van der Waals surface area contributed by atoms with E-state index < -0.39 is 12.0 Å². The Labute approximate surface area is 165 Å². The lowest BCUT2D eigenvalue weighted by Crippen LogP contribution is -2.32. The third-order valence-corrected chi connectivity index (χ3v) is 4.77. The summed E-state index contributed by atoms with van der Waals surface area (Å²) >= 11 is 0. The van der Waals surface area contributed by atoms with Crippen LogP contribution >= 0.6 is 0 Å². The fraction of sp³-hybridized carbons (Fsp3) is 0.238. The van der Waals surface area contributed by atoms with E-state index in [-0.39, 0.29) is 0 Å². The van der Waals surface area contributed by atoms with E-state index in [1.54, 1.807) is 12.1 Å². The Morgan fingerprint density at radius 2 is 1.86 bits per heavy atom. The number of rotatable bonds is 3. The van der Waals surface area contributed by atoms with Gasteiger partial charge < -0.3 is 0 Å². The molecule has 0 saturated carbocycles. The van der Waals surface area contributed by atoms with Gasteiger partial charge in [-0.15, -0.1) is 0 Å². The zero-order valence-corrected chi connectivity index (χ0v) is 15.3. The maximum atomic E-state index is 12.8. The summed E-state index contributed by atoms with van der Waals surface area (Å²) in [7, 11) is 0. The van der Waals surface area contributed by atoms with Gasteiger partial charge in [-0.2, -0.15) is 18.4 Å². The van der Waals surface area contributed by atoms with Gasteiger partial charge in [0.1, 0.15) is 0 Å². The smallest absolute Gasteiger partial charge is 0.293 e. The molecule has 4 rings (SSSR count). The zero-order chi connectivity index (χ0) is 20.4. The van der Waals surface area contributed by atoms with Gasteiger partial charge in [0.25, 0.3) is 0 Å². The number of fused-ring (bicyclic) bond motifs is 1. The van der Waals surface area contributed by atoms with Gasteiger partial charge in [0.15, 0.2) is 0 Å². The third-order valence-electron chi connectivity index (χ3n) is 4.77. The molecule has 0 radical (unpaired) electrons. The minimum absolute atomic E-state index is 0.441. The van der Waals surface area contributed by atoms with Crippen LogP contribution in [0, 0.1) is 11.3 Å². The molecule has 0 amide bonds. The van der Waals surface area contributed by atoms with Gasteiger partial charge in [-0.05, 0) is 24.3 Å². The van der Waals surface area contributed by atoms with Crippen molar-refractivity contribution >= 4 is 0 Å². The number of hydrogen-bond acceptors (Lipinski definition) is 5. The molecule has 3 aromatic rings. The number of benzene rings is 1. The zero-order valence-electron chi connectivity index (χ0n) is 15.3. The number of nitrogens with zero attached hydrogens (tertiary/aromatic N) is 5. The predicted octanol–water partition coefficient (Wildman–Crippen LogP) is 3.99. The van der Waals surface area contributed by atoms with Gasteiger partial charge in [-0.25, -0.2) is 9.97 Å². The van der Waals surface area contributed by atoms with Gasteiger partial charge in [0.05, 0.1) is 28.7 Å². The number of pyridine rings is 1. The fourth-order valence-electron chi connectivity index (χ4n) is 3.32. The molecule has 3 heterocycles. The van der Waals surface area contributed by atoms with Crippen molar-refractivity contribution in [3.05, 3.63) is 77.0 Å². The van der Waals surface area contributed by atoms with Crippen molar-refractivity contribution in [3.63, 3.8) is 0 Å². The second-order valence-electron chi connectivity index (χ2n) is 6.83. The summed E-state index contributed by atoms with van der Waals surface area (Å²) in [5.41, 5.74) is 4.36. The Kier molecular flexibility index (Phi) is 4.99. The predicted molar refractivity (Wildman–Crippen MR) is 99.2 cm³/mol. The Morgan fingerprint density at radius 1 is 1.07 bits per heavy atom. The first-order valence-corrected chi connectivity index (χ1v) is 9.03. The van der Waals surface area contributed by atoms with Crippen LogP contribution in [0.15, 0.2) is 48.7 Å². The van der Waals surface area contributed by atoms with Crippen molar-refractivity contribution < 1.29 is 13.2 Å². The summed E-state index contributed by atoms with van der Waals surface area (Å²) in [4.78, 5) is 14.0. The molecule has 0 aliphatic carbocycles. The molecule has 0 unspecified atom stereocenters. The molecule has 0 bridgehead atoms. The third kappa shape index (κ3) is 4.25. The Hall–Kier alpha value is -3.31. The van der Waals surface area contributed by atoms with E-state index in [9.17, 15) is 13.2 Å². The highest BCUT2D eigenvalue weighted by atomic mass is 19.4. The molecule has 1 aliphatic rings. The highest BCUT2D eigenvalue weighted by Gasteiger charge is 2.35. The largest absolute Gasteiger partial charge is 0.451 e. The van der Waals surface area contributed by atoms with Gasteiger partial charge in [0.2, 0.25) is 5.82 Å². The number of nitriles is 1. The molecule has 0 fully saturated rings. The molecular formula is C21H16F3N5. The summed E-state index contributed by atoms with van der Waals surface area (Å²) in [6, 6.07) is 15.1. The van der Waals surface area contributed by atoms with E-state index in [4.69, 9.17) is 10.2 Å². The minimum Gasteiger partial charge on any atom is -0.293 e. The second-order valence-corrected chi connectivity index (χ2v) is 6.83. The van der Waals surface area contributed by atoms with Crippen LogP contribution in [-0.2, 0) is 25.7 Å². The van der Waals surface area contributed by atoms with Crippen LogP contribution < -0.4 is 0 Å². The maximum absolute atomic E-state index is 12.8. The lowest BCUT2D eigenvalue weighted by molar-refractivity contribution is -0.145. The molecular weight excluding hydrogens is 379 g/mol. The fourth-order valence-corrected chi connectivity index (χ4v) is 3.32. The lowest BCUT2D eigenvalue weighted by Gasteiger charge is -2.27. The van der Waals surface area contributed by atoms with Crippen molar-refractivity contribution in [1.82, 2.24) is 19.9 Å². The molecule has 29 heavy (non-hydrogen) atoms. The molecule has 1 aliphatic heterocycles. The number of alkyl halides is 3. The molecule has 0 spiro atoms. The number of halogens is 3. The lowest BCUT2D eigenvalue weighted by atomic mass is 10.1. The van der Waals surface area contributed by atoms with E-state index in [1.807, 2.05) is 30.3 Å². The SMILES string of the molecule is N#Cc1ccc(-c2cccc(CN3CCc4nc(C(F)(F)F)ncc4C3)n2)cc1. The van der Waals surface area contributed by atoms with Crippen LogP contribution in [0.1, 0.15) is 28.3 Å². The van der Waals surface area contributed by atoms with Gasteiger partial charge in [-0.1, -0.05) is 18.2 Å². The van der Waals surface area contributed by atoms with Crippen LogP contribution in [0.5, 0.6) is 0 Å². The normalized spacial score (nSPS) is 14.3. The average Bonchev–Trinajstić information content (AvgIpc) is 2.73. The molecule has 1 aromatic carbocycles. The van der Waals surface area contributed by atoms with Crippen molar-refractivity contribution in [2.45, 2.75) is 25.7 Å². The molecule has 5 nitrogen and oxygen atoms in total. The first-order chi connectivity index (χ1) is 13.9. The van der Waals surface area contributed by atoms with Gasteiger partial charge >= 0.3 is 6.18 Å². The molecule has 0 N–H and O–H groups in total. The average molecular weight is 395 g/mol. The van der Waals surface area contributed by atoms with E-state index in [0.29, 0.717) is 42.9 Å². The molecule has 0 atom stereocenters. The van der Waals surface area contributed by atoms with Crippen molar-refractivity contribution in [2.24, 2.45) is 0 Å². The number of hydrogen-bond donors (Lipinski definition) is 0. The molecule has 146 valence electrons. The van der Waals surface area contributed by atoms with E-state index in [2.05, 4.69) is 20.9 Å². The van der Waals surface area contributed by atoms with Crippen molar-refractivity contribution in [3.8, 4) is 17.3 Å². The minimum atomic E-state index is -4.53. The summed E-state index contributed by atoms with van der Waals surface area (Å²) in [6.07, 6.45) is -2.81. The Bertz CT molecular complexity index is 1070. The Balaban J connectivity index is 1.48. The monoisotopic (exact) mass is 395 g/mol. The van der Waals surface area contributed by atoms with Crippen LogP contribution in [0.3, 0.4) is 0 Å². The molecule has 8 heteroatoms. The topological polar surface area (TPSA) is 65.7 Å². The highest BCUT2D eigenvalue weighted by Crippen LogP contribution is 2.28. The van der Waals surface area contributed by atoms with Crippen LogP contribution in [0.2, 0.25) is 0 Å². The van der Waals surface area contributed by atoms with Crippen molar-refractivity contribution in [1.29, 1.82) is 5.26 Å². The molecule has 2 aromatic heterocycles. The quantitative estimate of drug-likeness (QED) is 0.671. The second kappa shape index (κ2) is 7.60. The summed E-state index contributed by atoms with van der Waals surface area (Å²) < 4.78 is 38.3. The summed E-state index contributed by atoms with van der Waals surface area (Å²) in [5.74, 6) is -1.08. The maximum Gasteiger partial charge on any atom is 0.451 e. The van der Waals surface area contributed by atoms with Crippen LogP contribution in [0.4, 0.5) is 13.2 Å². The Morgan fingerprint density at radius 3 is 2.59 bits per heavy atom. The summed E-state index contributed by atoms with van der Waals surface area (Å²) in [5, 5.41) is 8.91. The highest BCUT2D eigenvalue weighted by molar-refractivity contribution is 5.60. The van der Waals surface area contributed by atoms with Crippen molar-refractivity contribution in [2.75, 3.05) is 6.54 Å². The first kappa shape index (κ1) is 19.0. The van der Waals surface area contributed by atoms with E-state index in [1.165, 1.54) is 6.20 Å².